The van der Waals surface area contributed by atoms with Gasteiger partial charge in [-0.15, -0.1) is 13.2 Å². The molecule has 12 heteroatoms. The Hall–Kier alpha value is -3.96. The Labute approximate surface area is 179 Å². The van der Waals surface area contributed by atoms with E-state index in [0.29, 0.717) is 11.5 Å². The average Bonchev–Trinajstić information content (AvgIpc) is 3.20. The molecule has 9 nitrogen and oxygen atoms in total. The first-order valence-electron chi connectivity index (χ1n) is 9.15. The molecule has 2 aromatic carbocycles. The van der Waals surface area contributed by atoms with Gasteiger partial charge in [0, 0.05) is 11.3 Å². The molecule has 170 valence electrons. The minimum atomic E-state index is -4.83. The molecule has 2 amide bonds. The summed E-state index contributed by atoms with van der Waals surface area (Å²) in [5.41, 5.74) is 0.411. The minimum absolute atomic E-state index is 0.0537. The van der Waals surface area contributed by atoms with Crippen LogP contribution in [0.3, 0.4) is 0 Å². The van der Waals surface area contributed by atoms with Crippen molar-refractivity contribution in [3.05, 3.63) is 48.0 Å². The quantitative estimate of drug-likeness (QED) is 0.619. The van der Waals surface area contributed by atoms with Crippen LogP contribution in [-0.4, -0.2) is 43.6 Å². The maximum Gasteiger partial charge on any atom is 0.573 e. The number of halogens is 3. The van der Waals surface area contributed by atoms with Crippen LogP contribution in [0.1, 0.15) is 17.3 Å². The Kier molecular flexibility index (Phi) is 6.71. The van der Waals surface area contributed by atoms with Crippen LogP contribution in [0.5, 0.6) is 17.2 Å². The zero-order valence-electron chi connectivity index (χ0n) is 16.5. The molecule has 0 fully saturated rings. The number of alkyl halides is 3. The van der Waals surface area contributed by atoms with E-state index in [-0.39, 0.29) is 18.0 Å². The molecule has 0 bridgehead atoms. The number of fused-ring (bicyclic) bond motifs is 1. The first kappa shape index (κ1) is 22.7. The lowest BCUT2D eigenvalue weighted by atomic mass is 10.2. The van der Waals surface area contributed by atoms with Gasteiger partial charge in [-0.05, 0) is 49.4 Å². The highest BCUT2D eigenvalue weighted by Crippen LogP contribution is 2.32. The van der Waals surface area contributed by atoms with E-state index in [1.54, 1.807) is 6.07 Å². The van der Waals surface area contributed by atoms with Crippen LogP contribution >= 0.6 is 0 Å². The number of hydrogen-bond donors (Lipinski definition) is 2. The van der Waals surface area contributed by atoms with Crippen molar-refractivity contribution in [2.45, 2.75) is 19.4 Å². The van der Waals surface area contributed by atoms with Gasteiger partial charge in [-0.2, -0.15) is 0 Å². The number of anilines is 1. The highest BCUT2D eigenvalue weighted by atomic mass is 19.4. The van der Waals surface area contributed by atoms with Crippen LogP contribution < -0.4 is 24.8 Å². The summed E-state index contributed by atoms with van der Waals surface area (Å²) in [5, 5.41) is 4.75. The smallest absolute Gasteiger partial charge is 0.454 e. The average molecular weight is 454 g/mol. The maximum absolute atomic E-state index is 12.2. The molecule has 2 aromatic rings. The van der Waals surface area contributed by atoms with E-state index in [4.69, 9.17) is 14.2 Å². The molecule has 0 saturated heterocycles. The molecule has 0 aromatic heterocycles. The fraction of sp³-hybridized carbons (Fsp3) is 0.250. The number of nitrogens with one attached hydrogen (secondary N) is 2. The fourth-order valence-corrected chi connectivity index (χ4v) is 2.57. The summed E-state index contributed by atoms with van der Waals surface area (Å²) in [4.78, 5) is 36.2. The summed E-state index contributed by atoms with van der Waals surface area (Å²) in [6.45, 7) is 0.862. The normalized spacial score (nSPS) is 13.1. The molecule has 1 heterocycles. The largest absolute Gasteiger partial charge is 0.573 e. The van der Waals surface area contributed by atoms with E-state index < -0.39 is 42.5 Å². The highest BCUT2D eigenvalue weighted by molar-refractivity contribution is 5.97. The number of esters is 1. The van der Waals surface area contributed by atoms with Crippen LogP contribution in [0.2, 0.25) is 0 Å². The molecule has 0 saturated carbocycles. The zero-order chi connectivity index (χ0) is 23.3. The van der Waals surface area contributed by atoms with Crippen molar-refractivity contribution < 1.29 is 46.5 Å². The van der Waals surface area contributed by atoms with Crippen molar-refractivity contribution in [3.63, 3.8) is 0 Å². The Morgan fingerprint density at radius 1 is 1.06 bits per heavy atom. The predicted molar refractivity (Wildman–Crippen MR) is 102 cm³/mol. The molecule has 1 atom stereocenters. The molecule has 1 aliphatic rings. The van der Waals surface area contributed by atoms with Gasteiger partial charge in [0.15, 0.2) is 17.6 Å². The molecule has 32 heavy (non-hydrogen) atoms. The first-order chi connectivity index (χ1) is 15.1. The molecule has 0 radical (unpaired) electrons. The number of rotatable bonds is 7. The summed E-state index contributed by atoms with van der Waals surface area (Å²) in [5.74, 6) is -1.68. The Morgan fingerprint density at radius 2 is 1.75 bits per heavy atom. The van der Waals surface area contributed by atoms with E-state index in [1.165, 1.54) is 31.2 Å². The van der Waals surface area contributed by atoms with Crippen LogP contribution in [0.15, 0.2) is 42.5 Å². The summed E-state index contributed by atoms with van der Waals surface area (Å²) in [7, 11) is 0. The lowest BCUT2D eigenvalue weighted by Gasteiger charge is -2.14. The van der Waals surface area contributed by atoms with E-state index in [1.807, 2.05) is 0 Å². The maximum atomic E-state index is 12.2. The van der Waals surface area contributed by atoms with E-state index in [0.717, 1.165) is 12.1 Å². The van der Waals surface area contributed by atoms with E-state index in [2.05, 4.69) is 15.4 Å². The summed E-state index contributed by atoms with van der Waals surface area (Å²) in [6, 6.07) is 8.94. The van der Waals surface area contributed by atoms with Crippen molar-refractivity contribution in [2.24, 2.45) is 0 Å². The number of carbonyl (C=O) groups is 3. The third-order valence-electron chi connectivity index (χ3n) is 4.06. The summed E-state index contributed by atoms with van der Waals surface area (Å²) >= 11 is 0. The summed E-state index contributed by atoms with van der Waals surface area (Å²) in [6.07, 6.45) is -6.05. The first-order valence-corrected chi connectivity index (χ1v) is 9.15. The third kappa shape index (κ3) is 6.27. The number of carbonyl (C=O) groups excluding carboxylic acids is 3. The standard InChI is InChI=1S/C20H17F3N2O7/c1-11(18(27)25-13-3-5-14(6-4-13)32-20(21,22)23)31-17(26)9-24-19(28)12-2-7-15-16(8-12)30-10-29-15/h2-8,11H,9-10H2,1H3,(H,24,28)(H,25,27). The number of benzene rings is 2. The van der Waals surface area contributed by atoms with Gasteiger partial charge in [0.05, 0.1) is 0 Å². The topological polar surface area (TPSA) is 112 Å². The second kappa shape index (κ2) is 9.45. The van der Waals surface area contributed by atoms with Gasteiger partial charge < -0.3 is 29.6 Å². The zero-order valence-corrected chi connectivity index (χ0v) is 16.5. The molecule has 1 aliphatic heterocycles. The second-order valence-corrected chi connectivity index (χ2v) is 6.44. The monoisotopic (exact) mass is 454 g/mol. The van der Waals surface area contributed by atoms with Gasteiger partial charge in [-0.1, -0.05) is 0 Å². The fourth-order valence-electron chi connectivity index (χ4n) is 2.57. The number of ether oxygens (including phenoxy) is 4. The van der Waals surface area contributed by atoms with Crippen LogP contribution in [0.4, 0.5) is 18.9 Å². The van der Waals surface area contributed by atoms with Gasteiger partial charge in [0.2, 0.25) is 6.79 Å². The van der Waals surface area contributed by atoms with E-state index >= 15 is 0 Å². The lowest BCUT2D eigenvalue weighted by molar-refractivity contribution is -0.274. The summed E-state index contributed by atoms with van der Waals surface area (Å²) < 4.78 is 55.5. The van der Waals surface area contributed by atoms with Gasteiger partial charge in [0.25, 0.3) is 11.8 Å². The van der Waals surface area contributed by atoms with Crippen molar-refractivity contribution in [3.8, 4) is 17.2 Å². The third-order valence-corrected chi connectivity index (χ3v) is 4.06. The van der Waals surface area contributed by atoms with Gasteiger partial charge in [0.1, 0.15) is 12.3 Å². The Morgan fingerprint density at radius 3 is 2.44 bits per heavy atom. The lowest BCUT2D eigenvalue weighted by Crippen LogP contribution is -2.35. The number of hydrogen-bond acceptors (Lipinski definition) is 7. The molecule has 1 unspecified atom stereocenters. The minimum Gasteiger partial charge on any atom is -0.454 e. The Balaban J connectivity index is 1.44. The molecule has 0 aliphatic carbocycles. The van der Waals surface area contributed by atoms with Crippen LogP contribution in [0, 0.1) is 0 Å². The molecule has 0 spiro atoms. The molecule has 2 N–H and O–H groups in total. The molecule has 3 rings (SSSR count). The van der Waals surface area contributed by atoms with Crippen LogP contribution in [-0.2, 0) is 14.3 Å². The highest BCUT2D eigenvalue weighted by Gasteiger charge is 2.31. The van der Waals surface area contributed by atoms with Crippen molar-refractivity contribution in [1.29, 1.82) is 0 Å². The van der Waals surface area contributed by atoms with Crippen molar-refractivity contribution in [2.75, 3.05) is 18.7 Å². The molecular formula is C20H17F3N2O7. The SMILES string of the molecule is CC(OC(=O)CNC(=O)c1ccc2c(c1)OCO2)C(=O)Nc1ccc(OC(F)(F)F)cc1. The van der Waals surface area contributed by atoms with E-state index in [9.17, 15) is 27.6 Å². The predicted octanol–water partition coefficient (Wildman–Crippen LogP) is 2.61. The van der Waals surface area contributed by atoms with Gasteiger partial charge in [-0.25, -0.2) is 0 Å². The Bertz CT molecular complexity index is 1010. The van der Waals surface area contributed by atoms with Gasteiger partial charge >= 0.3 is 12.3 Å². The van der Waals surface area contributed by atoms with Crippen molar-refractivity contribution >= 4 is 23.5 Å². The van der Waals surface area contributed by atoms with Crippen molar-refractivity contribution in [1.82, 2.24) is 5.32 Å². The van der Waals surface area contributed by atoms with Crippen LogP contribution in [0.25, 0.3) is 0 Å². The second-order valence-electron chi connectivity index (χ2n) is 6.44. The molecular weight excluding hydrogens is 437 g/mol. The number of amides is 2. The van der Waals surface area contributed by atoms with Gasteiger partial charge in [-0.3, -0.25) is 14.4 Å².